The van der Waals surface area contributed by atoms with E-state index in [1.165, 1.54) is 38.4 Å². The Labute approximate surface area is 365 Å². The lowest BCUT2D eigenvalue weighted by atomic mass is 9.89. The van der Waals surface area contributed by atoms with Gasteiger partial charge in [-0.3, -0.25) is 0 Å². The molecule has 0 spiro atoms. The molecule has 4 amide bonds. The second-order valence-electron chi connectivity index (χ2n) is 17.3. The lowest BCUT2D eigenvalue weighted by Crippen LogP contribution is -2.37. The first-order valence-electron chi connectivity index (χ1n) is 22.0. The van der Waals surface area contributed by atoms with Gasteiger partial charge < -0.3 is 29.6 Å². The number of urea groups is 2. The number of carbonyl (C=O) groups excluding carboxylic acids is 2. The highest BCUT2D eigenvalue weighted by atomic mass is 32.2. The van der Waals surface area contributed by atoms with Gasteiger partial charge >= 0.3 is 12.1 Å². The van der Waals surface area contributed by atoms with E-state index in [2.05, 4.69) is 36.3 Å². The van der Waals surface area contributed by atoms with Crippen LogP contribution in [0.5, 0.6) is 11.8 Å². The molecule has 20 heteroatoms. The van der Waals surface area contributed by atoms with Crippen LogP contribution in [0.25, 0.3) is 0 Å². The maximum Gasteiger partial charge on any atom is 0.333 e. The fourth-order valence-electron chi connectivity index (χ4n) is 10.6. The van der Waals surface area contributed by atoms with Crippen molar-refractivity contribution in [2.45, 2.75) is 139 Å². The summed E-state index contributed by atoms with van der Waals surface area (Å²) in [6.45, 7) is 5.21. The van der Waals surface area contributed by atoms with Crippen molar-refractivity contribution in [2.24, 2.45) is 0 Å². The Morgan fingerprint density at radius 1 is 0.698 bits per heavy atom. The number of aromatic nitrogens is 4. The summed E-state index contributed by atoms with van der Waals surface area (Å²) in [5, 5.41) is 14.3. The highest BCUT2D eigenvalue weighted by molar-refractivity contribution is 7.90. The average Bonchev–Trinajstić information content (AvgIpc) is 4.10. The maximum atomic E-state index is 13.5. The van der Waals surface area contributed by atoms with E-state index in [4.69, 9.17) is 18.9 Å². The van der Waals surface area contributed by atoms with Crippen LogP contribution in [0.3, 0.4) is 0 Å². The number of amides is 4. The molecule has 2 aromatic heterocycles. The fraction of sp³-hybridized carbons (Fsp3) is 0.535. The molecule has 3 atom stereocenters. The normalized spacial score (nSPS) is 20.0. The van der Waals surface area contributed by atoms with E-state index in [-0.39, 0.29) is 53.5 Å². The second kappa shape index (κ2) is 16.4. The minimum absolute atomic E-state index is 0.0496. The first kappa shape index (κ1) is 41.8. The fourth-order valence-corrected chi connectivity index (χ4v) is 12.6. The molecule has 4 N–H and O–H groups in total. The molecule has 4 aromatic rings. The molecule has 2 aromatic carbocycles. The summed E-state index contributed by atoms with van der Waals surface area (Å²) in [6, 6.07) is 0.582. The predicted octanol–water partition coefficient (Wildman–Crippen LogP) is 4.26. The molecule has 3 unspecified atom stereocenters. The number of nitrogens with zero attached hydrogens (tertiary/aromatic N) is 4. The molecule has 6 aliphatic rings. The van der Waals surface area contributed by atoms with E-state index < -0.39 is 38.2 Å². The number of ether oxygens (including phenoxy) is 4. The van der Waals surface area contributed by atoms with Crippen molar-refractivity contribution in [1.29, 1.82) is 0 Å². The summed E-state index contributed by atoms with van der Waals surface area (Å²) in [5.41, 5.74) is 11.7. The number of anilines is 2. The standard InChI is InChI=1S/C43H52N8O10S2/c1-3-58-27-20-50-40(59-22-27)36(18-44-50)62(54,55)49-43(53)47-39-33-14-6-12-31(33)35(32-13-7-15-34(32)39)16-24(2)61-28-21-51-41(60-23-28)37(19-45-51)63(56,57)48-42(52)46-38-29-10-4-8-25(29)17-26-9-5-11-30(26)38/h17-19,24,27-28H,3-16,20-23H2,1-2H3,(H2,46,48,52)(H2,47,49,53). The largest absolute Gasteiger partial charge is 0.474 e. The summed E-state index contributed by atoms with van der Waals surface area (Å²) in [4.78, 5) is 26.3. The highest BCUT2D eigenvalue weighted by Gasteiger charge is 2.36. The molecule has 0 saturated heterocycles. The van der Waals surface area contributed by atoms with E-state index in [0.717, 1.165) is 116 Å². The number of carbonyl (C=O) groups is 2. The van der Waals surface area contributed by atoms with Gasteiger partial charge in [0.25, 0.3) is 20.0 Å². The van der Waals surface area contributed by atoms with Crippen LogP contribution in [0.2, 0.25) is 0 Å². The number of sulfonamides is 2. The van der Waals surface area contributed by atoms with Crippen LogP contribution in [0.15, 0.2) is 28.3 Å². The molecule has 4 aliphatic carbocycles. The third kappa shape index (κ3) is 7.81. The van der Waals surface area contributed by atoms with Gasteiger partial charge in [0, 0.05) is 18.0 Å². The van der Waals surface area contributed by atoms with Crippen molar-refractivity contribution in [3.8, 4) is 11.8 Å². The zero-order valence-electron chi connectivity index (χ0n) is 35.4. The van der Waals surface area contributed by atoms with Crippen LogP contribution in [0.4, 0.5) is 21.0 Å². The van der Waals surface area contributed by atoms with Crippen molar-refractivity contribution in [3.05, 3.63) is 68.5 Å². The van der Waals surface area contributed by atoms with Crippen LogP contribution in [-0.4, -0.2) is 86.6 Å². The lowest BCUT2D eigenvalue weighted by molar-refractivity contribution is -0.0510. The number of aryl methyl sites for hydroxylation is 2. The van der Waals surface area contributed by atoms with E-state index in [9.17, 15) is 26.4 Å². The molecule has 0 saturated carbocycles. The van der Waals surface area contributed by atoms with Crippen molar-refractivity contribution in [2.75, 3.05) is 30.5 Å². The number of nitrogens with one attached hydrogen (secondary N) is 4. The number of rotatable bonds is 12. The number of fused-ring (bicyclic) bond motifs is 6. The Hall–Kier alpha value is -5.18. The highest BCUT2D eigenvalue weighted by Crippen LogP contribution is 2.43. The van der Waals surface area contributed by atoms with E-state index in [1.54, 1.807) is 0 Å². The molecule has 0 fully saturated rings. The van der Waals surface area contributed by atoms with E-state index in [1.807, 2.05) is 13.8 Å². The van der Waals surface area contributed by atoms with Gasteiger partial charge in [-0.25, -0.2) is 45.2 Å². The third-order valence-corrected chi connectivity index (χ3v) is 15.8. The molecular weight excluding hydrogens is 853 g/mol. The average molecular weight is 905 g/mol. The summed E-state index contributed by atoms with van der Waals surface area (Å²) < 4.78 is 85.0. The molecular formula is C43H52N8O10S2. The Balaban J connectivity index is 0.788. The van der Waals surface area contributed by atoms with Gasteiger partial charge in [0.05, 0.1) is 31.6 Å². The van der Waals surface area contributed by atoms with Crippen LogP contribution in [0.1, 0.15) is 89.6 Å². The topological polar surface area (TPSA) is 223 Å². The number of benzene rings is 2. The Kier molecular flexibility index (Phi) is 10.9. The van der Waals surface area contributed by atoms with E-state index in [0.29, 0.717) is 25.3 Å². The van der Waals surface area contributed by atoms with Gasteiger partial charge in [0.2, 0.25) is 11.8 Å². The molecule has 2 aliphatic heterocycles. The summed E-state index contributed by atoms with van der Waals surface area (Å²) >= 11 is 0. The molecule has 336 valence electrons. The molecule has 4 heterocycles. The van der Waals surface area contributed by atoms with Crippen LogP contribution < -0.4 is 29.6 Å². The zero-order valence-corrected chi connectivity index (χ0v) is 37.0. The Morgan fingerprint density at radius 3 is 1.70 bits per heavy atom. The van der Waals surface area contributed by atoms with Crippen molar-refractivity contribution >= 4 is 43.5 Å². The molecule has 18 nitrogen and oxygen atoms in total. The smallest absolute Gasteiger partial charge is 0.333 e. The Morgan fingerprint density at radius 2 is 1.16 bits per heavy atom. The maximum absolute atomic E-state index is 13.5. The number of hydrogen-bond donors (Lipinski definition) is 4. The number of hydrogen-bond acceptors (Lipinski definition) is 12. The van der Waals surface area contributed by atoms with Gasteiger partial charge in [-0.15, -0.1) is 0 Å². The van der Waals surface area contributed by atoms with Crippen LogP contribution in [0, 0.1) is 0 Å². The minimum Gasteiger partial charge on any atom is -0.474 e. The summed E-state index contributed by atoms with van der Waals surface area (Å²) in [7, 11) is -8.63. The first-order valence-corrected chi connectivity index (χ1v) is 25.0. The van der Waals surface area contributed by atoms with Gasteiger partial charge in [0.1, 0.15) is 25.4 Å². The predicted molar refractivity (Wildman–Crippen MR) is 229 cm³/mol. The van der Waals surface area contributed by atoms with Crippen molar-refractivity contribution in [1.82, 2.24) is 29.0 Å². The van der Waals surface area contributed by atoms with E-state index >= 15 is 0 Å². The minimum atomic E-state index is -4.32. The zero-order chi connectivity index (χ0) is 43.6. The van der Waals surface area contributed by atoms with Gasteiger partial charge in [-0.2, -0.15) is 10.2 Å². The molecule has 0 bridgehead atoms. The van der Waals surface area contributed by atoms with Gasteiger partial charge in [-0.1, -0.05) is 6.07 Å². The summed E-state index contributed by atoms with van der Waals surface area (Å²) in [6.07, 6.45) is 12.6. The van der Waals surface area contributed by atoms with Crippen LogP contribution >= 0.6 is 0 Å². The lowest BCUT2D eigenvalue weighted by Gasteiger charge is -2.28. The van der Waals surface area contributed by atoms with Crippen LogP contribution in [-0.2, 0) is 100 Å². The molecule has 63 heavy (non-hydrogen) atoms. The second-order valence-corrected chi connectivity index (χ2v) is 20.6. The van der Waals surface area contributed by atoms with Gasteiger partial charge in [0.15, 0.2) is 9.79 Å². The third-order valence-electron chi connectivity index (χ3n) is 13.2. The first-order chi connectivity index (χ1) is 30.4. The monoisotopic (exact) mass is 904 g/mol. The molecule has 10 rings (SSSR count). The SMILES string of the molecule is CCOC1COc2c(S(=O)(=O)NC(=O)Nc3c4c(c(CC(C)OC5COc6c(S(=O)(=O)NC(=O)Nc7c8c(cc9c7CCC9)CCC8)cnn6C5)c5c3CCC5)CCC4)cnn2C1. The Bertz CT molecular complexity index is 2680. The summed E-state index contributed by atoms with van der Waals surface area (Å²) in [5.74, 6) is 0.117. The molecule has 0 radical (unpaired) electrons. The van der Waals surface area contributed by atoms with Crippen molar-refractivity contribution in [3.63, 3.8) is 0 Å². The van der Waals surface area contributed by atoms with Gasteiger partial charge in [-0.05, 0) is 147 Å². The quantitative estimate of drug-likeness (QED) is 0.157. The van der Waals surface area contributed by atoms with Crippen molar-refractivity contribution < 1.29 is 45.4 Å².